The number of nitrogens with zero attached hydrogens (tertiary/aromatic N) is 2. The lowest BCUT2D eigenvalue weighted by molar-refractivity contribution is -0.268. The third-order valence-electron chi connectivity index (χ3n) is 11.3. The highest BCUT2D eigenvalue weighted by molar-refractivity contribution is 5.94. The number of carbonyl (C=O) groups excluding carboxylic acids is 2. The SMILES string of the molecule is CCOC(=O)C(O)(c1cn(Cc2ccccc2)c2cc(OCc3ccccc3)ccc12)C(F)(F)F.CCOC(=O)C(O)(c1cn(Cc2ccccc2)c2cc(OCc3ccccc3)ccc12)C(F)(F)F. The zero-order valence-corrected chi connectivity index (χ0v) is 37.9. The number of hydrogen-bond acceptors (Lipinski definition) is 8. The number of aliphatic hydroxyl groups is 2. The summed E-state index contributed by atoms with van der Waals surface area (Å²) in [6, 6.07) is 46.3. The van der Waals surface area contributed by atoms with Gasteiger partial charge in [-0.3, -0.25) is 0 Å². The largest absolute Gasteiger partial charge is 0.489 e. The molecular weight excluding hydrogens is 919 g/mol. The molecule has 2 aromatic heterocycles. The zero-order chi connectivity index (χ0) is 50.1. The summed E-state index contributed by atoms with van der Waals surface area (Å²) >= 11 is 0. The van der Waals surface area contributed by atoms with E-state index in [0.717, 1.165) is 34.6 Å². The van der Waals surface area contributed by atoms with Crippen molar-refractivity contribution in [1.82, 2.24) is 9.13 Å². The fourth-order valence-corrected chi connectivity index (χ4v) is 7.83. The quantitative estimate of drug-likeness (QED) is 0.0725. The summed E-state index contributed by atoms with van der Waals surface area (Å²) in [5.74, 6) is -2.66. The Balaban J connectivity index is 0.000000206. The van der Waals surface area contributed by atoms with Gasteiger partial charge in [0, 0.05) is 59.5 Å². The van der Waals surface area contributed by atoms with E-state index in [4.69, 9.17) is 9.47 Å². The number of esters is 2. The zero-order valence-electron chi connectivity index (χ0n) is 37.9. The van der Waals surface area contributed by atoms with E-state index in [0.29, 0.717) is 22.5 Å². The van der Waals surface area contributed by atoms with Gasteiger partial charge >= 0.3 is 24.3 Å². The van der Waals surface area contributed by atoms with Crippen molar-refractivity contribution in [3.05, 3.63) is 203 Å². The average molecular weight is 967 g/mol. The Morgan fingerprint density at radius 2 is 0.786 bits per heavy atom. The molecule has 0 fully saturated rings. The van der Waals surface area contributed by atoms with E-state index in [1.165, 1.54) is 38.1 Å². The monoisotopic (exact) mass is 966 g/mol. The number of carbonyl (C=O) groups is 2. The highest BCUT2D eigenvalue weighted by Crippen LogP contribution is 2.46. The molecule has 6 aromatic carbocycles. The molecule has 0 aliphatic rings. The molecule has 0 radical (unpaired) electrons. The Labute approximate surface area is 398 Å². The Morgan fingerprint density at radius 3 is 1.09 bits per heavy atom. The highest BCUT2D eigenvalue weighted by Gasteiger charge is 2.64. The molecular formula is C54H48F6N2O8. The van der Waals surface area contributed by atoms with Gasteiger partial charge in [-0.05, 0) is 60.4 Å². The van der Waals surface area contributed by atoms with E-state index < -0.39 is 46.6 Å². The molecule has 0 aliphatic heterocycles. The summed E-state index contributed by atoms with van der Waals surface area (Å²) in [4.78, 5) is 24.8. The van der Waals surface area contributed by atoms with E-state index >= 15 is 0 Å². The predicted octanol–water partition coefficient (Wildman–Crippen LogP) is 11.2. The molecule has 2 unspecified atom stereocenters. The highest BCUT2D eigenvalue weighted by atomic mass is 19.4. The second-order valence-electron chi connectivity index (χ2n) is 16.1. The van der Waals surface area contributed by atoms with Crippen LogP contribution >= 0.6 is 0 Å². The van der Waals surface area contributed by atoms with Gasteiger partial charge in [0.25, 0.3) is 11.2 Å². The first-order chi connectivity index (χ1) is 33.5. The number of hydrogen-bond donors (Lipinski definition) is 2. The maximum atomic E-state index is 14.1. The van der Waals surface area contributed by atoms with Gasteiger partial charge < -0.3 is 38.3 Å². The van der Waals surface area contributed by atoms with Crippen LogP contribution < -0.4 is 9.47 Å². The van der Waals surface area contributed by atoms with E-state index in [1.54, 1.807) is 21.3 Å². The third-order valence-corrected chi connectivity index (χ3v) is 11.3. The lowest BCUT2D eigenvalue weighted by Crippen LogP contribution is -2.50. The van der Waals surface area contributed by atoms with Crippen LogP contribution in [-0.4, -0.2) is 56.9 Å². The van der Waals surface area contributed by atoms with Crippen molar-refractivity contribution in [3.63, 3.8) is 0 Å². The molecule has 0 saturated carbocycles. The van der Waals surface area contributed by atoms with Crippen molar-refractivity contribution < 1.29 is 65.1 Å². The van der Waals surface area contributed by atoms with Crippen LogP contribution in [0.4, 0.5) is 26.3 Å². The number of aromatic nitrogens is 2. The smallest absolute Gasteiger partial charge is 0.432 e. The summed E-state index contributed by atoms with van der Waals surface area (Å²) in [5.41, 5.74) is -4.55. The van der Waals surface area contributed by atoms with Crippen LogP contribution in [0.25, 0.3) is 21.8 Å². The van der Waals surface area contributed by atoms with E-state index in [-0.39, 0.29) is 50.3 Å². The number of benzene rings is 6. The van der Waals surface area contributed by atoms with Crippen LogP contribution in [0.15, 0.2) is 170 Å². The van der Waals surface area contributed by atoms with Crippen LogP contribution in [0.3, 0.4) is 0 Å². The van der Waals surface area contributed by atoms with Crippen LogP contribution in [0.2, 0.25) is 0 Å². The molecule has 0 amide bonds. The molecule has 8 aromatic rings. The molecule has 364 valence electrons. The standard InChI is InChI=1S/2C27H24F3NO4/c2*1-2-34-25(32)26(33,27(28,29)30)23-17-31(16-19-9-5-3-6-10-19)24-15-21(13-14-22(23)24)35-18-20-11-7-4-8-12-20/h2*3-15,17,33H,2,16,18H2,1H3. The van der Waals surface area contributed by atoms with Gasteiger partial charge in [-0.15, -0.1) is 0 Å². The summed E-state index contributed by atoms with van der Waals surface area (Å²) in [7, 11) is 0. The fourth-order valence-electron chi connectivity index (χ4n) is 7.83. The molecule has 0 bridgehead atoms. The number of ether oxygens (including phenoxy) is 4. The Kier molecular flexibility index (Phi) is 15.4. The van der Waals surface area contributed by atoms with E-state index in [1.807, 2.05) is 121 Å². The van der Waals surface area contributed by atoms with Crippen molar-refractivity contribution in [1.29, 1.82) is 0 Å². The summed E-state index contributed by atoms with van der Waals surface area (Å²) in [6.45, 7) is 3.12. The fraction of sp³-hybridized carbons (Fsp3) is 0.222. The third kappa shape index (κ3) is 10.8. The summed E-state index contributed by atoms with van der Waals surface area (Å²) < 4.78 is 109. The number of alkyl halides is 6. The summed E-state index contributed by atoms with van der Waals surface area (Å²) in [5, 5.41) is 21.7. The van der Waals surface area contributed by atoms with Crippen molar-refractivity contribution in [2.45, 2.75) is 63.7 Å². The number of rotatable bonds is 16. The van der Waals surface area contributed by atoms with E-state index in [2.05, 4.69) is 9.47 Å². The van der Waals surface area contributed by atoms with Gasteiger partial charge in [0.05, 0.1) is 24.2 Å². The summed E-state index contributed by atoms with van der Waals surface area (Å²) in [6.07, 6.45) is -8.28. The van der Waals surface area contributed by atoms with E-state index in [9.17, 15) is 46.1 Å². The Hall–Kier alpha value is -7.56. The predicted molar refractivity (Wildman–Crippen MR) is 250 cm³/mol. The average Bonchev–Trinajstić information content (AvgIpc) is 3.90. The van der Waals surface area contributed by atoms with Gasteiger partial charge in [0.2, 0.25) is 0 Å². The van der Waals surface area contributed by atoms with Crippen LogP contribution in [0.1, 0.15) is 47.2 Å². The molecule has 16 heteroatoms. The van der Waals surface area contributed by atoms with Crippen molar-refractivity contribution in [2.75, 3.05) is 13.2 Å². The van der Waals surface area contributed by atoms with Crippen LogP contribution in [0.5, 0.6) is 11.5 Å². The second kappa shape index (κ2) is 21.4. The number of fused-ring (bicyclic) bond motifs is 2. The second-order valence-corrected chi connectivity index (χ2v) is 16.1. The molecule has 0 spiro atoms. The minimum Gasteiger partial charge on any atom is -0.489 e. The van der Waals surface area contributed by atoms with Crippen LogP contribution in [-0.2, 0) is 56.6 Å². The molecule has 2 heterocycles. The van der Waals surface area contributed by atoms with Crippen molar-refractivity contribution in [3.8, 4) is 11.5 Å². The molecule has 0 aliphatic carbocycles. The van der Waals surface area contributed by atoms with Crippen molar-refractivity contribution >= 4 is 33.7 Å². The molecule has 10 nitrogen and oxygen atoms in total. The molecule has 70 heavy (non-hydrogen) atoms. The lowest BCUT2D eigenvalue weighted by atomic mass is 9.92. The molecule has 8 rings (SSSR count). The molecule has 2 atom stereocenters. The van der Waals surface area contributed by atoms with Gasteiger partial charge in [-0.1, -0.05) is 121 Å². The minimum absolute atomic E-state index is 0.0703. The van der Waals surface area contributed by atoms with Gasteiger partial charge in [-0.2, -0.15) is 26.3 Å². The Morgan fingerprint density at radius 1 is 0.471 bits per heavy atom. The minimum atomic E-state index is -5.30. The Bertz CT molecular complexity index is 2810. The first-order valence-electron chi connectivity index (χ1n) is 22.1. The maximum Gasteiger partial charge on any atom is 0.432 e. The van der Waals surface area contributed by atoms with Crippen molar-refractivity contribution in [2.24, 2.45) is 0 Å². The lowest BCUT2D eigenvalue weighted by Gasteiger charge is -2.27. The first kappa shape index (κ1) is 50.3. The first-order valence-corrected chi connectivity index (χ1v) is 22.1. The molecule has 0 saturated heterocycles. The van der Waals surface area contributed by atoms with Gasteiger partial charge in [0.15, 0.2) is 0 Å². The van der Waals surface area contributed by atoms with Crippen LogP contribution in [0, 0.1) is 0 Å². The van der Waals surface area contributed by atoms with Gasteiger partial charge in [0.1, 0.15) is 24.7 Å². The number of halogens is 6. The topological polar surface area (TPSA) is 121 Å². The maximum absolute atomic E-state index is 14.1. The molecule has 2 N–H and O–H groups in total. The normalized spacial score (nSPS) is 13.4. The van der Waals surface area contributed by atoms with Gasteiger partial charge in [-0.25, -0.2) is 9.59 Å².